The van der Waals surface area contributed by atoms with Crippen LogP contribution in [0.5, 0.6) is 5.75 Å². The molecule has 0 fully saturated rings. The summed E-state index contributed by atoms with van der Waals surface area (Å²) in [6.07, 6.45) is -0.273. The number of halogens is 1. The molecule has 88 valence electrons. The van der Waals surface area contributed by atoms with Crippen molar-refractivity contribution in [3.63, 3.8) is 0 Å². The number of aliphatic hydroxyl groups excluding tert-OH is 1. The zero-order valence-electron chi connectivity index (χ0n) is 8.97. The Morgan fingerprint density at radius 1 is 1.35 bits per heavy atom. The SMILES string of the molecule is O[C@@H]1CC(c2ccsc2)Oc2cc(F)ccc21. The average Bonchev–Trinajstić information content (AvgIpc) is 2.81. The Morgan fingerprint density at radius 2 is 2.24 bits per heavy atom. The number of rotatable bonds is 1. The van der Waals surface area contributed by atoms with Gasteiger partial charge in [-0.25, -0.2) is 4.39 Å². The minimum atomic E-state index is -0.593. The molecule has 0 saturated carbocycles. The van der Waals surface area contributed by atoms with Crippen LogP contribution in [0.1, 0.15) is 29.8 Å². The Balaban J connectivity index is 1.97. The quantitative estimate of drug-likeness (QED) is 0.840. The first-order chi connectivity index (χ1) is 8.24. The first-order valence-corrected chi connectivity index (χ1v) is 6.34. The van der Waals surface area contributed by atoms with Gasteiger partial charge in [0.15, 0.2) is 0 Å². The second kappa shape index (κ2) is 4.13. The van der Waals surface area contributed by atoms with Crippen LogP contribution in [0.15, 0.2) is 35.0 Å². The summed E-state index contributed by atoms with van der Waals surface area (Å²) in [7, 11) is 0. The lowest BCUT2D eigenvalue weighted by Gasteiger charge is -2.29. The lowest BCUT2D eigenvalue weighted by molar-refractivity contribution is 0.0656. The van der Waals surface area contributed by atoms with Gasteiger partial charge in [0, 0.05) is 23.6 Å². The van der Waals surface area contributed by atoms with E-state index in [9.17, 15) is 9.50 Å². The summed E-state index contributed by atoms with van der Waals surface area (Å²) in [4.78, 5) is 0. The van der Waals surface area contributed by atoms with Crippen molar-refractivity contribution in [3.05, 3.63) is 52.0 Å². The van der Waals surface area contributed by atoms with Crippen molar-refractivity contribution >= 4 is 11.3 Å². The minimum Gasteiger partial charge on any atom is -0.485 e. The van der Waals surface area contributed by atoms with Crippen LogP contribution < -0.4 is 4.74 Å². The van der Waals surface area contributed by atoms with Gasteiger partial charge in [0.05, 0.1) is 6.10 Å². The normalized spacial score (nSPS) is 22.9. The highest BCUT2D eigenvalue weighted by Gasteiger charge is 2.28. The van der Waals surface area contributed by atoms with E-state index in [4.69, 9.17) is 4.74 Å². The summed E-state index contributed by atoms with van der Waals surface area (Å²) < 4.78 is 18.9. The fraction of sp³-hybridized carbons (Fsp3) is 0.231. The Bertz CT molecular complexity index is 524. The van der Waals surface area contributed by atoms with Gasteiger partial charge >= 0.3 is 0 Å². The summed E-state index contributed by atoms with van der Waals surface area (Å²) in [6.45, 7) is 0. The summed E-state index contributed by atoms with van der Waals surface area (Å²) in [5, 5.41) is 14.0. The molecule has 17 heavy (non-hydrogen) atoms. The molecule has 3 rings (SSSR count). The zero-order chi connectivity index (χ0) is 11.8. The first-order valence-electron chi connectivity index (χ1n) is 5.40. The van der Waals surface area contributed by atoms with Crippen LogP contribution in [-0.2, 0) is 0 Å². The van der Waals surface area contributed by atoms with Gasteiger partial charge in [-0.3, -0.25) is 0 Å². The molecule has 0 amide bonds. The molecule has 0 aliphatic carbocycles. The molecule has 2 atom stereocenters. The highest BCUT2D eigenvalue weighted by Crippen LogP contribution is 2.41. The molecule has 1 aliphatic heterocycles. The van der Waals surface area contributed by atoms with E-state index >= 15 is 0 Å². The maximum atomic E-state index is 13.1. The molecule has 1 N–H and O–H groups in total. The molecule has 0 saturated heterocycles. The third-order valence-corrected chi connectivity index (χ3v) is 3.66. The number of thiophene rings is 1. The van der Waals surface area contributed by atoms with E-state index in [1.54, 1.807) is 17.4 Å². The topological polar surface area (TPSA) is 29.5 Å². The summed E-state index contributed by atoms with van der Waals surface area (Å²) in [5.41, 5.74) is 1.70. The number of aliphatic hydroxyl groups is 1. The molecular formula is C13H11FO2S. The molecular weight excluding hydrogens is 239 g/mol. The molecule has 1 aliphatic rings. The van der Waals surface area contributed by atoms with Crippen LogP contribution in [0.4, 0.5) is 4.39 Å². The van der Waals surface area contributed by atoms with Gasteiger partial charge in [0.2, 0.25) is 0 Å². The zero-order valence-corrected chi connectivity index (χ0v) is 9.78. The third kappa shape index (κ3) is 1.94. The summed E-state index contributed by atoms with van der Waals surface area (Å²) in [5.74, 6) is 0.0990. The molecule has 0 radical (unpaired) electrons. The van der Waals surface area contributed by atoms with Crippen molar-refractivity contribution in [2.75, 3.05) is 0 Å². The molecule has 2 heterocycles. The van der Waals surface area contributed by atoms with Crippen LogP contribution in [-0.4, -0.2) is 5.11 Å². The Hall–Kier alpha value is -1.39. The van der Waals surface area contributed by atoms with Crippen LogP contribution in [0, 0.1) is 5.82 Å². The highest BCUT2D eigenvalue weighted by atomic mass is 32.1. The number of ether oxygens (including phenoxy) is 1. The van der Waals surface area contributed by atoms with Crippen LogP contribution >= 0.6 is 11.3 Å². The Morgan fingerprint density at radius 3 is 3.00 bits per heavy atom. The predicted molar refractivity (Wildman–Crippen MR) is 63.7 cm³/mol. The fourth-order valence-electron chi connectivity index (χ4n) is 2.08. The standard InChI is InChI=1S/C13H11FO2S/c14-9-1-2-10-11(15)6-12(16-13(10)5-9)8-3-4-17-7-8/h1-5,7,11-12,15H,6H2/t11-,12?/m1/s1. The summed E-state index contributed by atoms with van der Waals surface area (Å²) >= 11 is 1.58. The molecule has 2 nitrogen and oxygen atoms in total. The second-order valence-electron chi connectivity index (χ2n) is 4.10. The highest BCUT2D eigenvalue weighted by molar-refractivity contribution is 7.07. The van der Waals surface area contributed by atoms with Crippen molar-refractivity contribution in [3.8, 4) is 5.75 Å². The van der Waals surface area contributed by atoms with E-state index < -0.39 is 6.10 Å². The lowest BCUT2D eigenvalue weighted by atomic mass is 9.96. The predicted octanol–water partition coefficient (Wildman–Crippen LogP) is 3.44. The number of hydrogen-bond donors (Lipinski definition) is 1. The van der Waals surface area contributed by atoms with Crippen LogP contribution in [0.2, 0.25) is 0 Å². The third-order valence-electron chi connectivity index (χ3n) is 2.96. The van der Waals surface area contributed by atoms with Gasteiger partial charge in [-0.15, -0.1) is 0 Å². The van der Waals surface area contributed by atoms with E-state index in [2.05, 4.69) is 0 Å². The van der Waals surface area contributed by atoms with Gasteiger partial charge < -0.3 is 9.84 Å². The van der Waals surface area contributed by atoms with E-state index in [1.165, 1.54) is 12.1 Å². The van der Waals surface area contributed by atoms with Gasteiger partial charge in [-0.05, 0) is 29.0 Å². The number of benzene rings is 1. The van der Waals surface area contributed by atoms with Crippen LogP contribution in [0.3, 0.4) is 0 Å². The molecule has 0 spiro atoms. The minimum absolute atomic E-state index is 0.189. The van der Waals surface area contributed by atoms with Crippen molar-refractivity contribution < 1.29 is 14.2 Å². The van der Waals surface area contributed by atoms with E-state index in [-0.39, 0.29) is 11.9 Å². The van der Waals surface area contributed by atoms with E-state index in [0.717, 1.165) is 5.56 Å². The first kappa shape index (κ1) is 10.7. The Kier molecular flexibility index (Phi) is 2.61. The molecule has 2 aromatic rings. The maximum Gasteiger partial charge on any atom is 0.128 e. The second-order valence-corrected chi connectivity index (χ2v) is 4.88. The smallest absolute Gasteiger partial charge is 0.128 e. The van der Waals surface area contributed by atoms with Crippen molar-refractivity contribution in [2.45, 2.75) is 18.6 Å². The summed E-state index contributed by atoms with van der Waals surface area (Å²) in [6, 6.07) is 6.22. The molecule has 1 aromatic carbocycles. The Labute approximate surface area is 102 Å². The monoisotopic (exact) mass is 250 g/mol. The van der Waals surface area contributed by atoms with E-state index in [1.807, 2.05) is 16.8 Å². The molecule has 4 heteroatoms. The fourth-order valence-corrected chi connectivity index (χ4v) is 2.78. The average molecular weight is 250 g/mol. The van der Waals surface area contributed by atoms with Gasteiger partial charge in [-0.1, -0.05) is 0 Å². The van der Waals surface area contributed by atoms with Gasteiger partial charge in [0.25, 0.3) is 0 Å². The molecule has 1 unspecified atom stereocenters. The van der Waals surface area contributed by atoms with Gasteiger partial charge in [-0.2, -0.15) is 11.3 Å². The number of fused-ring (bicyclic) bond motifs is 1. The van der Waals surface area contributed by atoms with Crippen molar-refractivity contribution in [1.82, 2.24) is 0 Å². The van der Waals surface area contributed by atoms with E-state index in [0.29, 0.717) is 17.7 Å². The van der Waals surface area contributed by atoms with Crippen molar-refractivity contribution in [1.29, 1.82) is 0 Å². The lowest BCUT2D eigenvalue weighted by Crippen LogP contribution is -2.18. The molecule has 0 bridgehead atoms. The largest absolute Gasteiger partial charge is 0.485 e. The van der Waals surface area contributed by atoms with Crippen LogP contribution in [0.25, 0.3) is 0 Å². The maximum absolute atomic E-state index is 13.1. The van der Waals surface area contributed by atoms with Crippen molar-refractivity contribution in [2.24, 2.45) is 0 Å². The molecule has 1 aromatic heterocycles. The number of hydrogen-bond acceptors (Lipinski definition) is 3. The van der Waals surface area contributed by atoms with Gasteiger partial charge in [0.1, 0.15) is 17.7 Å².